The Morgan fingerprint density at radius 3 is 2.00 bits per heavy atom. The zero-order valence-electron chi connectivity index (χ0n) is 25.6. The molecule has 5 aliphatic carbocycles. The highest BCUT2D eigenvalue weighted by atomic mass is 35.5. The lowest BCUT2D eigenvalue weighted by Crippen LogP contribution is -2.52. The number of amides is 2. The van der Waals surface area contributed by atoms with Crippen molar-refractivity contribution in [3.63, 3.8) is 0 Å². The van der Waals surface area contributed by atoms with E-state index in [1.54, 1.807) is 25.1 Å². The van der Waals surface area contributed by atoms with Gasteiger partial charge in [-0.25, -0.2) is 8.42 Å². The van der Waals surface area contributed by atoms with Crippen LogP contribution in [0.2, 0.25) is 10.0 Å². The number of carbonyl (C=O) groups is 2. The Hall–Kier alpha value is -2.29. The average molecular weight is 661 g/mol. The van der Waals surface area contributed by atoms with Gasteiger partial charge in [0, 0.05) is 28.2 Å². The first kappa shape index (κ1) is 31.7. The van der Waals surface area contributed by atoms with Crippen LogP contribution in [0.25, 0.3) is 0 Å². The molecule has 238 valence electrons. The minimum absolute atomic E-state index is 0.0286. The Morgan fingerprint density at radius 2 is 1.48 bits per heavy atom. The predicted octanol–water partition coefficient (Wildman–Crippen LogP) is 6.70. The Balaban J connectivity index is 1.25. The van der Waals surface area contributed by atoms with Crippen molar-refractivity contribution < 1.29 is 18.0 Å². The fourth-order valence-electron chi connectivity index (χ4n) is 8.89. The molecule has 5 aliphatic rings. The molecule has 0 aromatic heterocycles. The van der Waals surface area contributed by atoms with E-state index in [4.69, 9.17) is 23.2 Å². The summed E-state index contributed by atoms with van der Waals surface area (Å²) in [6.07, 6.45) is 12.8. The molecule has 2 aromatic rings. The van der Waals surface area contributed by atoms with Crippen LogP contribution in [0.1, 0.15) is 82.3 Å². The Labute approximate surface area is 271 Å². The number of nitrogens with zero attached hydrogens (tertiary/aromatic N) is 2. The lowest BCUT2D eigenvalue weighted by molar-refractivity contribution is -0.139. The van der Waals surface area contributed by atoms with E-state index < -0.39 is 28.5 Å². The summed E-state index contributed by atoms with van der Waals surface area (Å²) in [6, 6.07) is 12.1. The normalized spacial score (nSPS) is 26.9. The zero-order chi connectivity index (χ0) is 31.2. The third-order valence-electron chi connectivity index (χ3n) is 10.7. The maximum atomic E-state index is 14.0. The van der Waals surface area contributed by atoms with Crippen LogP contribution in [0.4, 0.5) is 5.69 Å². The fraction of sp³-hybridized carbons (Fsp3) is 0.588. The Bertz CT molecular complexity index is 1450. The molecule has 0 aliphatic heterocycles. The molecule has 10 heteroatoms. The summed E-state index contributed by atoms with van der Waals surface area (Å²) in [5.41, 5.74) is 2.42. The number of nitrogens with one attached hydrogen (secondary N) is 1. The summed E-state index contributed by atoms with van der Waals surface area (Å²) in [5.74, 6) is 1.62. The largest absolute Gasteiger partial charge is 0.352 e. The van der Waals surface area contributed by atoms with Gasteiger partial charge in [0.2, 0.25) is 21.8 Å². The van der Waals surface area contributed by atoms with Gasteiger partial charge in [0.25, 0.3) is 0 Å². The minimum atomic E-state index is -3.82. The van der Waals surface area contributed by atoms with Crippen LogP contribution in [-0.4, -0.2) is 50.0 Å². The number of sulfonamides is 1. The van der Waals surface area contributed by atoms with Crippen molar-refractivity contribution >= 4 is 50.7 Å². The molecule has 5 saturated carbocycles. The van der Waals surface area contributed by atoms with Gasteiger partial charge >= 0.3 is 0 Å². The van der Waals surface area contributed by atoms with E-state index in [0.29, 0.717) is 21.3 Å². The van der Waals surface area contributed by atoms with E-state index in [1.165, 1.54) is 49.0 Å². The van der Waals surface area contributed by atoms with Crippen LogP contribution in [0.5, 0.6) is 0 Å². The quantitative estimate of drug-likeness (QED) is 0.307. The third-order valence-corrected chi connectivity index (χ3v) is 12.6. The van der Waals surface area contributed by atoms with Crippen LogP contribution in [0.15, 0.2) is 42.5 Å². The minimum Gasteiger partial charge on any atom is -0.352 e. The van der Waals surface area contributed by atoms with Crippen molar-refractivity contribution in [2.75, 3.05) is 17.1 Å². The molecule has 2 amide bonds. The van der Waals surface area contributed by atoms with Gasteiger partial charge < -0.3 is 10.2 Å². The van der Waals surface area contributed by atoms with Crippen LogP contribution in [0.3, 0.4) is 0 Å². The molecule has 1 atom stereocenters. The lowest BCUT2D eigenvalue weighted by atomic mass is 9.48. The average Bonchev–Trinajstić information content (AvgIpc) is 3.47. The van der Waals surface area contributed by atoms with Gasteiger partial charge in [0.05, 0.1) is 11.9 Å². The molecule has 2 aromatic carbocycles. The summed E-state index contributed by atoms with van der Waals surface area (Å²) in [6.45, 7) is 1.19. The van der Waals surface area contributed by atoms with Crippen LogP contribution < -0.4 is 9.62 Å². The monoisotopic (exact) mass is 659 g/mol. The van der Waals surface area contributed by atoms with Gasteiger partial charge in [-0.3, -0.25) is 13.9 Å². The first-order valence-electron chi connectivity index (χ1n) is 16.0. The highest BCUT2D eigenvalue weighted by Gasteiger charge is 2.51. The summed E-state index contributed by atoms with van der Waals surface area (Å²) in [7, 11) is -3.82. The van der Waals surface area contributed by atoms with Crippen LogP contribution >= 0.6 is 23.2 Å². The summed E-state index contributed by atoms with van der Waals surface area (Å²) >= 11 is 12.9. The Kier molecular flexibility index (Phi) is 8.99. The third kappa shape index (κ3) is 6.50. The van der Waals surface area contributed by atoms with Crippen molar-refractivity contribution in [1.29, 1.82) is 0 Å². The van der Waals surface area contributed by atoms with Gasteiger partial charge in [0.1, 0.15) is 12.6 Å². The van der Waals surface area contributed by atoms with E-state index in [-0.39, 0.29) is 23.9 Å². The molecule has 1 N–H and O–H groups in total. The Morgan fingerprint density at radius 1 is 0.932 bits per heavy atom. The van der Waals surface area contributed by atoms with Gasteiger partial charge in [0.15, 0.2) is 0 Å². The van der Waals surface area contributed by atoms with Gasteiger partial charge in [-0.15, -0.1) is 0 Å². The van der Waals surface area contributed by atoms with Gasteiger partial charge in [-0.05, 0) is 111 Å². The SMILES string of the molecule is CC(C(=O)NC1CCCC1)N(Cc1c(Cl)cccc1Cl)C(=O)CN(c1ccc(C23CC4CC(CC(C4)C2)C3)cc1)S(C)(=O)=O. The van der Waals surface area contributed by atoms with Crippen molar-refractivity contribution in [3.8, 4) is 0 Å². The molecule has 7 rings (SSSR count). The number of rotatable bonds is 10. The molecule has 0 saturated heterocycles. The maximum Gasteiger partial charge on any atom is 0.244 e. The zero-order valence-corrected chi connectivity index (χ0v) is 27.9. The smallest absolute Gasteiger partial charge is 0.244 e. The molecule has 1 unspecified atom stereocenters. The van der Waals surface area contributed by atoms with Crippen molar-refractivity contribution in [2.45, 2.75) is 95.2 Å². The summed E-state index contributed by atoms with van der Waals surface area (Å²) < 4.78 is 27.4. The van der Waals surface area contributed by atoms with E-state index >= 15 is 0 Å². The van der Waals surface area contributed by atoms with Crippen LogP contribution in [0, 0.1) is 17.8 Å². The number of carbonyl (C=O) groups excluding carboxylic acids is 2. The second-order valence-corrected chi connectivity index (χ2v) is 16.6. The molecule has 7 nitrogen and oxygen atoms in total. The van der Waals surface area contributed by atoms with Crippen molar-refractivity contribution in [2.24, 2.45) is 17.8 Å². The molecular weight excluding hydrogens is 617 g/mol. The highest BCUT2D eigenvalue weighted by molar-refractivity contribution is 7.92. The first-order chi connectivity index (χ1) is 20.9. The fourth-order valence-corrected chi connectivity index (χ4v) is 10.3. The van der Waals surface area contributed by atoms with Crippen molar-refractivity contribution in [1.82, 2.24) is 10.2 Å². The number of halogens is 2. The van der Waals surface area contributed by atoms with E-state index in [9.17, 15) is 18.0 Å². The van der Waals surface area contributed by atoms with E-state index in [2.05, 4.69) is 17.4 Å². The topological polar surface area (TPSA) is 86.8 Å². The van der Waals surface area contributed by atoms with Crippen LogP contribution in [-0.2, 0) is 31.6 Å². The van der Waals surface area contributed by atoms with E-state index in [1.807, 2.05) is 12.1 Å². The second kappa shape index (κ2) is 12.5. The second-order valence-electron chi connectivity index (χ2n) is 13.9. The van der Waals surface area contributed by atoms with Gasteiger partial charge in [-0.1, -0.05) is 54.2 Å². The predicted molar refractivity (Wildman–Crippen MR) is 175 cm³/mol. The van der Waals surface area contributed by atoms with E-state index in [0.717, 1.165) is 54.0 Å². The number of anilines is 1. The number of hydrogen-bond acceptors (Lipinski definition) is 4. The summed E-state index contributed by atoms with van der Waals surface area (Å²) in [4.78, 5) is 28.8. The first-order valence-corrected chi connectivity index (χ1v) is 18.6. The number of benzene rings is 2. The molecule has 44 heavy (non-hydrogen) atoms. The standard InChI is InChI=1S/C34H43Cl2N3O4S/c1-22(33(41)37-27-6-3-4-7-27)38(20-29-30(35)8-5-9-31(29)36)32(40)21-39(44(2,42)43)28-12-10-26(11-13-28)34-17-23-14-24(18-34)16-25(15-23)19-34/h5,8-13,22-25,27H,3-4,6-7,14-21H2,1-2H3,(H,37,41). The molecule has 5 fully saturated rings. The van der Waals surface area contributed by atoms with Gasteiger partial charge in [-0.2, -0.15) is 0 Å². The molecule has 0 heterocycles. The lowest BCUT2D eigenvalue weighted by Gasteiger charge is -2.57. The maximum absolute atomic E-state index is 14.0. The molecule has 0 radical (unpaired) electrons. The molecular formula is C34H43Cl2N3O4S. The van der Waals surface area contributed by atoms with Crippen molar-refractivity contribution in [3.05, 3.63) is 63.6 Å². The summed E-state index contributed by atoms with van der Waals surface area (Å²) in [5, 5.41) is 3.82. The molecule has 0 spiro atoms. The highest BCUT2D eigenvalue weighted by Crippen LogP contribution is 2.60. The molecule has 4 bridgehead atoms. The number of hydrogen-bond donors (Lipinski definition) is 1.